The van der Waals surface area contributed by atoms with Crippen molar-refractivity contribution in [3.63, 3.8) is 0 Å². The first-order chi connectivity index (χ1) is 6.70. The van der Waals surface area contributed by atoms with E-state index in [4.69, 9.17) is 5.73 Å². The van der Waals surface area contributed by atoms with Crippen molar-refractivity contribution < 1.29 is 4.39 Å². The zero-order valence-corrected chi connectivity index (χ0v) is 7.92. The number of pyridine rings is 1. The van der Waals surface area contributed by atoms with Gasteiger partial charge in [-0.05, 0) is 36.8 Å². The van der Waals surface area contributed by atoms with Crippen LogP contribution in [0.4, 0.5) is 4.39 Å². The van der Waals surface area contributed by atoms with Crippen LogP contribution in [0.1, 0.15) is 11.3 Å². The molecule has 14 heavy (non-hydrogen) atoms. The third-order valence-electron chi connectivity index (χ3n) is 2.19. The van der Waals surface area contributed by atoms with Gasteiger partial charge in [0.1, 0.15) is 5.82 Å². The van der Waals surface area contributed by atoms with Crippen molar-refractivity contribution in [2.75, 3.05) is 0 Å². The number of hydrogen-bond donors (Lipinski definition) is 1. The summed E-state index contributed by atoms with van der Waals surface area (Å²) in [7, 11) is 0. The molecule has 0 aliphatic heterocycles. The minimum Gasteiger partial charge on any atom is -0.326 e. The standard InChI is InChI=1S/C11H11FN2/c1-7-2-3-9-10(12)4-8(6-13)5-11(9)14-7/h2-5H,6,13H2,1H3. The van der Waals surface area contributed by atoms with E-state index in [0.29, 0.717) is 17.4 Å². The predicted octanol–water partition coefficient (Wildman–Crippen LogP) is 2.14. The number of nitrogens with zero attached hydrogens (tertiary/aromatic N) is 1. The Morgan fingerprint density at radius 1 is 1.36 bits per heavy atom. The second kappa shape index (κ2) is 3.35. The third-order valence-corrected chi connectivity index (χ3v) is 2.19. The van der Waals surface area contributed by atoms with Crippen LogP contribution in [0.15, 0.2) is 24.3 Å². The van der Waals surface area contributed by atoms with E-state index < -0.39 is 0 Å². The molecule has 0 aliphatic carbocycles. The maximum atomic E-state index is 13.5. The lowest BCUT2D eigenvalue weighted by Crippen LogP contribution is -1.98. The smallest absolute Gasteiger partial charge is 0.132 e. The average molecular weight is 190 g/mol. The van der Waals surface area contributed by atoms with Crippen LogP contribution in [0.3, 0.4) is 0 Å². The lowest BCUT2D eigenvalue weighted by molar-refractivity contribution is 0.637. The molecule has 0 aliphatic rings. The maximum absolute atomic E-state index is 13.5. The molecule has 2 aromatic rings. The number of halogens is 1. The van der Waals surface area contributed by atoms with Gasteiger partial charge in [0.15, 0.2) is 0 Å². The van der Waals surface area contributed by atoms with Gasteiger partial charge in [0.25, 0.3) is 0 Å². The van der Waals surface area contributed by atoms with E-state index in [2.05, 4.69) is 4.98 Å². The number of nitrogens with two attached hydrogens (primary N) is 1. The van der Waals surface area contributed by atoms with Crippen LogP contribution in [0.2, 0.25) is 0 Å². The number of aryl methyl sites for hydroxylation is 1. The van der Waals surface area contributed by atoms with Crippen molar-refractivity contribution in [2.24, 2.45) is 5.73 Å². The molecule has 0 radical (unpaired) electrons. The molecular weight excluding hydrogens is 179 g/mol. The molecule has 0 unspecified atom stereocenters. The fraction of sp³-hybridized carbons (Fsp3) is 0.182. The molecule has 1 aromatic heterocycles. The zero-order chi connectivity index (χ0) is 10.1. The first kappa shape index (κ1) is 9.09. The number of aromatic nitrogens is 1. The minimum atomic E-state index is -0.254. The zero-order valence-electron chi connectivity index (χ0n) is 7.92. The molecule has 0 spiro atoms. The Kier molecular flexibility index (Phi) is 2.17. The van der Waals surface area contributed by atoms with Gasteiger partial charge in [0.05, 0.1) is 5.52 Å². The molecule has 2 rings (SSSR count). The van der Waals surface area contributed by atoms with E-state index in [1.165, 1.54) is 6.07 Å². The van der Waals surface area contributed by atoms with Crippen LogP contribution < -0.4 is 5.73 Å². The fourth-order valence-electron chi connectivity index (χ4n) is 1.46. The Hall–Kier alpha value is -1.48. The highest BCUT2D eigenvalue weighted by Crippen LogP contribution is 2.18. The molecule has 0 bridgehead atoms. The number of benzene rings is 1. The largest absolute Gasteiger partial charge is 0.326 e. The molecule has 0 saturated carbocycles. The third kappa shape index (κ3) is 1.46. The van der Waals surface area contributed by atoms with E-state index in [9.17, 15) is 4.39 Å². The number of rotatable bonds is 1. The molecule has 2 nitrogen and oxygen atoms in total. The summed E-state index contributed by atoms with van der Waals surface area (Å²) in [6, 6.07) is 6.82. The molecule has 0 amide bonds. The first-order valence-corrected chi connectivity index (χ1v) is 4.46. The molecular formula is C11H11FN2. The van der Waals surface area contributed by atoms with Gasteiger partial charge in [-0.2, -0.15) is 0 Å². The van der Waals surface area contributed by atoms with Crippen LogP contribution in [0.5, 0.6) is 0 Å². The topological polar surface area (TPSA) is 38.9 Å². The van der Waals surface area contributed by atoms with Crippen molar-refractivity contribution in [3.05, 3.63) is 41.3 Å². The van der Waals surface area contributed by atoms with Crippen molar-refractivity contribution >= 4 is 10.9 Å². The van der Waals surface area contributed by atoms with E-state index in [1.54, 1.807) is 12.1 Å². The highest BCUT2D eigenvalue weighted by molar-refractivity contribution is 5.80. The van der Waals surface area contributed by atoms with E-state index in [0.717, 1.165) is 11.3 Å². The monoisotopic (exact) mass is 190 g/mol. The minimum absolute atomic E-state index is 0.254. The lowest BCUT2D eigenvalue weighted by atomic mass is 10.1. The second-order valence-electron chi connectivity index (χ2n) is 3.30. The summed E-state index contributed by atoms with van der Waals surface area (Å²) in [4.78, 5) is 4.25. The van der Waals surface area contributed by atoms with Gasteiger partial charge in [-0.25, -0.2) is 4.39 Å². The summed E-state index contributed by atoms with van der Waals surface area (Å²) in [5, 5.41) is 0.549. The fourth-order valence-corrected chi connectivity index (χ4v) is 1.46. The van der Waals surface area contributed by atoms with E-state index in [-0.39, 0.29) is 5.82 Å². The summed E-state index contributed by atoms with van der Waals surface area (Å²) in [5.74, 6) is -0.254. The summed E-state index contributed by atoms with van der Waals surface area (Å²) < 4.78 is 13.5. The normalized spacial score (nSPS) is 10.8. The molecule has 1 aromatic carbocycles. The quantitative estimate of drug-likeness (QED) is 0.748. The van der Waals surface area contributed by atoms with Crippen molar-refractivity contribution in [3.8, 4) is 0 Å². The van der Waals surface area contributed by atoms with Gasteiger partial charge in [-0.1, -0.05) is 0 Å². The molecule has 1 heterocycles. The number of fused-ring (bicyclic) bond motifs is 1. The molecule has 72 valence electrons. The Labute approximate surface area is 81.6 Å². The molecule has 0 saturated heterocycles. The Morgan fingerprint density at radius 2 is 2.14 bits per heavy atom. The summed E-state index contributed by atoms with van der Waals surface area (Å²) >= 11 is 0. The van der Waals surface area contributed by atoms with Crippen LogP contribution in [0.25, 0.3) is 10.9 Å². The SMILES string of the molecule is Cc1ccc2c(F)cc(CN)cc2n1. The maximum Gasteiger partial charge on any atom is 0.132 e. The van der Waals surface area contributed by atoms with Crippen LogP contribution in [-0.2, 0) is 6.54 Å². The summed E-state index contributed by atoms with van der Waals surface area (Å²) in [5.41, 5.74) is 7.78. The highest BCUT2D eigenvalue weighted by Gasteiger charge is 2.03. The van der Waals surface area contributed by atoms with Gasteiger partial charge in [0, 0.05) is 17.6 Å². The van der Waals surface area contributed by atoms with Gasteiger partial charge in [0.2, 0.25) is 0 Å². The molecule has 0 fully saturated rings. The summed E-state index contributed by atoms with van der Waals surface area (Å²) in [6.45, 7) is 2.22. The van der Waals surface area contributed by atoms with Gasteiger partial charge >= 0.3 is 0 Å². The Balaban J connectivity index is 2.77. The van der Waals surface area contributed by atoms with Gasteiger partial charge < -0.3 is 5.73 Å². The van der Waals surface area contributed by atoms with E-state index >= 15 is 0 Å². The van der Waals surface area contributed by atoms with Gasteiger partial charge in [-0.3, -0.25) is 4.98 Å². The highest BCUT2D eigenvalue weighted by atomic mass is 19.1. The second-order valence-corrected chi connectivity index (χ2v) is 3.30. The van der Waals surface area contributed by atoms with Crippen LogP contribution in [0, 0.1) is 12.7 Å². The lowest BCUT2D eigenvalue weighted by Gasteiger charge is -2.03. The Bertz CT molecular complexity index is 480. The number of hydrogen-bond acceptors (Lipinski definition) is 2. The van der Waals surface area contributed by atoms with Crippen LogP contribution >= 0.6 is 0 Å². The van der Waals surface area contributed by atoms with Crippen molar-refractivity contribution in [1.82, 2.24) is 4.98 Å². The molecule has 2 N–H and O–H groups in total. The predicted molar refractivity (Wildman–Crippen MR) is 54.3 cm³/mol. The first-order valence-electron chi connectivity index (χ1n) is 4.46. The molecule has 0 atom stereocenters. The van der Waals surface area contributed by atoms with Crippen molar-refractivity contribution in [1.29, 1.82) is 0 Å². The van der Waals surface area contributed by atoms with Crippen LogP contribution in [-0.4, -0.2) is 4.98 Å². The Morgan fingerprint density at radius 3 is 2.86 bits per heavy atom. The van der Waals surface area contributed by atoms with E-state index in [1.807, 2.05) is 13.0 Å². The van der Waals surface area contributed by atoms with Crippen molar-refractivity contribution in [2.45, 2.75) is 13.5 Å². The summed E-state index contributed by atoms with van der Waals surface area (Å²) in [6.07, 6.45) is 0. The van der Waals surface area contributed by atoms with Gasteiger partial charge in [-0.15, -0.1) is 0 Å². The average Bonchev–Trinajstić information content (AvgIpc) is 2.16. The molecule has 3 heteroatoms.